The van der Waals surface area contributed by atoms with Crippen molar-refractivity contribution < 1.29 is 4.79 Å². The summed E-state index contributed by atoms with van der Waals surface area (Å²) in [5.74, 6) is 0.693. The molecule has 1 saturated heterocycles. The largest absolute Gasteiger partial charge is 0.346 e. The summed E-state index contributed by atoms with van der Waals surface area (Å²) in [4.78, 5) is 22.9. The van der Waals surface area contributed by atoms with Crippen LogP contribution in [0.2, 0.25) is 0 Å². The van der Waals surface area contributed by atoms with Gasteiger partial charge in [-0.3, -0.25) is 9.48 Å². The molecule has 5 aromatic rings. The molecule has 5 heterocycles. The van der Waals surface area contributed by atoms with E-state index in [1.54, 1.807) is 0 Å². The van der Waals surface area contributed by atoms with Crippen LogP contribution in [0.4, 0.5) is 0 Å². The van der Waals surface area contributed by atoms with E-state index in [0.717, 1.165) is 46.8 Å². The predicted molar refractivity (Wildman–Crippen MR) is 125 cm³/mol. The second-order valence-corrected chi connectivity index (χ2v) is 8.87. The van der Waals surface area contributed by atoms with Crippen LogP contribution in [0.25, 0.3) is 32.8 Å². The molecule has 1 aliphatic heterocycles. The van der Waals surface area contributed by atoms with Gasteiger partial charge < -0.3 is 14.5 Å². The van der Waals surface area contributed by atoms with Gasteiger partial charge >= 0.3 is 0 Å². The Morgan fingerprint density at radius 1 is 1.16 bits per heavy atom. The SMILES string of the molecule is C[C@@H]1CCN(C(=O)CCn2ncc3ccccc32)C[C@@H]1n1ccc2cnc3[nH]ccc3c21. The molecule has 1 N–H and O–H groups in total. The smallest absolute Gasteiger partial charge is 0.224 e. The quantitative estimate of drug-likeness (QED) is 0.464. The van der Waals surface area contributed by atoms with Crippen LogP contribution in [-0.2, 0) is 11.3 Å². The average molecular weight is 427 g/mol. The number of piperidine rings is 1. The van der Waals surface area contributed by atoms with Crippen molar-refractivity contribution in [1.82, 2.24) is 29.2 Å². The summed E-state index contributed by atoms with van der Waals surface area (Å²) in [5.41, 5.74) is 3.18. The molecule has 7 nitrogen and oxygen atoms in total. The zero-order chi connectivity index (χ0) is 21.7. The highest BCUT2D eigenvalue weighted by atomic mass is 16.2. The number of aromatic nitrogens is 5. The normalized spacial score (nSPS) is 19.3. The van der Waals surface area contributed by atoms with E-state index in [9.17, 15) is 4.79 Å². The Morgan fingerprint density at radius 3 is 3.00 bits per heavy atom. The molecule has 7 heteroatoms. The van der Waals surface area contributed by atoms with Crippen molar-refractivity contribution in [1.29, 1.82) is 0 Å². The van der Waals surface area contributed by atoms with Gasteiger partial charge in [-0.2, -0.15) is 5.10 Å². The molecule has 162 valence electrons. The molecule has 0 spiro atoms. The number of carbonyl (C=O) groups excluding carboxylic acids is 1. The van der Waals surface area contributed by atoms with E-state index < -0.39 is 0 Å². The second kappa shape index (κ2) is 7.51. The molecule has 1 aromatic carbocycles. The lowest BCUT2D eigenvalue weighted by atomic mass is 9.92. The first-order valence-electron chi connectivity index (χ1n) is 11.3. The van der Waals surface area contributed by atoms with Crippen LogP contribution in [0.5, 0.6) is 0 Å². The third-order valence-electron chi connectivity index (χ3n) is 6.98. The molecule has 0 saturated carbocycles. The molecule has 1 amide bonds. The second-order valence-electron chi connectivity index (χ2n) is 8.87. The van der Waals surface area contributed by atoms with E-state index in [4.69, 9.17) is 0 Å². The third kappa shape index (κ3) is 3.07. The van der Waals surface area contributed by atoms with E-state index in [1.807, 2.05) is 40.3 Å². The number of hydrogen-bond acceptors (Lipinski definition) is 3. The number of H-pyrrole nitrogens is 1. The summed E-state index contributed by atoms with van der Waals surface area (Å²) in [6.45, 7) is 4.45. The highest BCUT2D eigenvalue weighted by molar-refractivity contribution is 6.02. The van der Waals surface area contributed by atoms with Crippen LogP contribution < -0.4 is 0 Å². The summed E-state index contributed by atoms with van der Waals surface area (Å²) in [5, 5.41) is 7.85. The van der Waals surface area contributed by atoms with Gasteiger partial charge in [0.05, 0.1) is 29.8 Å². The number of hydrogen-bond donors (Lipinski definition) is 1. The zero-order valence-corrected chi connectivity index (χ0v) is 18.1. The lowest BCUT2D eigenvalue weighted by molar-refractivity contribution is -0.133. The fourth-order valence-electron chi connectivity index (χ4n) is 5.13. The number of benzene rings is 1. The average Bonchev–Trinajstić information content (AvgIpc) is 3.55. The van der Waals surface area contributed by atoms with Crippen molar-refractivity contribution in [2.75, 3.05) is 13.1 Å². The predicted octanol–water partition coefficient (Wildman–Crippen LogP) is 4.37. The molecule has 0 radical (unpaired) electrons. The van der Waals surface area contributed by atoms with E-state index in [-0.39, 0.29) is 11.9 Å². The van der Waals surface area contributed by atoms with E-state index >= 15 is 0 Å². The maximum absolute atomic E-state index is 13.1. The van der Waals surface area contributed by atoms with Gasteiger partial charge in [0.2, 0.25) is 5.91 Å². The molecule has 0 unspecified atom stereocenters. The molecule has 1 fully saturated rings. The van der Waals surface area contributed by atoms with Gasteiger partial charge in [0.25, 0.3) is 0 Å². The number of nitrogens with zero attached hydrogens (tertiary/aromatic N) is 5. The number of rotatable bonds is 4. The van der Waals surface area contributed by atoms with Gasteiger partial charge in [0, 0.05) is 54.3 Å². The monoisotopic (exact) mass is 426 g/mol. The maximum Gasteiger partial charge on any atom is 0.224 e. The number of likely N-dealkylation sites (tertiary alicyclic amines) is 1. The molecular formula is C25H26N6O. The minimum Gasteiger partial charge on any atom is -0.346 e. The maximum atomic E-state index is 13.1. The van der Waals surface area contributed by atoms with Crippen LogP contribution in [0.15, 0.2) is 61.2 Å². The molecular weight excluding hydrogens is 400 g/mol. The Bertz CT molecular complexity index is 1430. The minimum atomic E-state index is 0.200. The van der Waals surface area contributed by atoms with Crippen LogP contribution >= 0.6 is 0 Å². The molecule has 4 aromatic heterocycles. The number of amides is 1. The lowest BCUT2D eigenvalue weighted by Crippen LogP contribution is -2.44. The third-order valence-corrected chi connectivity index (χ3v) is 6.98. The number of fused-ring (bicyclic) bond motifs is 4. The van der Waals surface area contributed by atoms with Crippen LogP contribution in [-0.4, -0.2) is 48.2 Å². The molecule has 0 aliphatic carbocycles. The van der Waals surface area contributed by atoms with Crippen molar-refractivity contribution >= 4 is 38.7 Å². The summed E-state index contributed by atoms with van der Waals surface area (Å²) < 4.78 is 4.30. The Balaban J connectivity index is 1.23. The van der Waals surface area contributed by atoms with Crippen molar-refractivity contribution in [3.05, 3.63) is 61.2 Å². The minimum absolute atomic E-state index is 0.200. The molecule has 0 bridgehead atoms. The summed E-state index contributed by atoms with van der Waals surface area (Å²) in [7, 11) is 0. The highest BCUT2D eigenvalue weighted by Gasteiger charge is 2.31. The Kier molecular flexibility index (Phi) is 4.48. The van der Waals surface area contributed by atoms with E-state index in [0.29, 0.717) is 18.9 Å². The molecule has 32 heavy (non-hydrogen) atoms. The van der Waals surface area contributed by atoms with Gasteiger partial charge in [-0.05, 0) is 30.5 Å². The van der Waals surface area contributed by atoms with Crippen molar-refractivity contribution in [3.8, 4) is 0 Å². The summed E-state index contributed by atoms with van der Waals surface area (Å²) in [6.07, 6.45) is 9.35. The first-order chi connectivity index (χ1) is 15.7. The Labute approximate surface area is 185 Å². The van der Waals surface area contributed by atoms with Crippen LogP contribution in [0, 0.1) is 5.92 Å². The lowest BCUT2D eigenvalue weighted by Gasteiger charge is -2.38. The highest BCUT2D eigenvalue weighted by Crippen LogP contribution is 2.34. The summed E-state index contributed by atoms with van der Waals surface area (Å²) in [6, 6.07) is 12.6. The van der Waals surface area contributed by atoms with Crippen molar-refractivity contribution in [3.63, 3.8) is 0 Å². The van der Waals surface area contributed by atoms with Crippen LogP contribution in [0.3, 0.4) is 0 Å². The van der Waals surface area contributed by atoms with Gasteiger partial charge in [-0.25, -0.2) is 4.98 Å². The summed E-state index contributed by atoms with van der Waals surface area (Å²) >= 11 is 0. The van der Waals surface area contributed by atoms with Gasteiger partial charge in [-0.1, -0.05) is 25.1 Å². The number of carbonyl (C=O) groups is 1. The van der Waals surface area contributed by atoms with E-state index in [2.05, 4.69) is 57.0 Å². The first kappa shape index (κ1) is 19.1. The molecule has 2 atom stereocenters. The Morgan fingerprint density at radius 2 is 2.06 bits per heavy atom. The number of aryl methyl sites for hydroxylation is 1. The van der Waals surface area contributed by atoms with Gasteiger partial charge in [0.15, 0.2) is 0 Å². The molecule has 1 aliphatic rings. The van der Waals surface area contributed by atoms with Crippen LogP contribution in [0.1, 0.15) is 25.8 Å². The number of para-hydroxylation sites is 1. The number of nitrogens with one attached hydrogen (secondary N) is 1. The first-order valence-corrected chi connectivity index (χ1v) is 11.3. The zero-order valence-electron chi connectivity index (χ0n) is 18.1. The van der Waals surface area contributed by atoms with E-state index in [1.165, 1.54) is 5.52 Å². The topological polar surface area (TPSA) is 71.7 Å². The molecule has 6 rings (SSSR count). The van der Waals surface area contributed by atoms with Crippen molar-refractivity contribution in [2.24, 2.45) is 5.92 Å². The standard InChI is InChI=1S/C25H26N6O/c1-17-7-11-29(23(32)9-13-31-21-5-3-2-4-18(21)15-28-31)16-22(17)30-12-8-19-14-27-25-20(24(19)30)6-10-26-25/h2-6,8,10,12,14-15,17,22H,7,9,11,13,16H2,1H3,(H,26,27)/t17-,22+/m1/s1. The van der Waals surface area contributed by atoms with Crippen molar-refractivity contribution in [2.45, 2.75) is 32.4 Å². The fraction of sp³-hybridized carbons (Fsp3) is 0.320. The number of aromatic amines is 1. The fourth-order valence-corrected chi connectivity index (χ4v) is 5.13. The number of pyridine rings is 1. The Hall–Kier alpha value is -3.61. The van der Waals surface area contributed by atoms with Gasteiger partial charge in [-0.15, -0.1) is 0 Å². The van der Waals surface area contributed by atoms with Gasteiger partial charge in [0.1, 0.15) is 5.65 Å².